The van der Waals surface area contributed by atoms with Gasteiger partial charge in [0.05, 0.1) is 22.5 Å². The average molecular weight is 571 g/mol. The number of benzene rings is 1. The molecular formula is C29H27FN8O2S. The Labute approximate surface area is 235 Å². The van der Waals surface area contributed by atoms with Gasteiger partial charge >= 0.3 is 0 Å². The number of pyridine rings is 3. The Balaban J connectivity index is 1.39. The fourth-order valence-corrected chi connectivity index (χ4v) is 5.34. The van der Waals surface area contributed by atoms with Gasteiger partial charge in [0.2, 0.25) is 0 Å². The minimum atomic E-state index is -3.18. The van der Waals surface area contributed by atoms with Crippen molar-refractivity contribution in [3.63, 3.8) is 0 Å². The molecule has 0 saturated heterocycles. The highest BCUT2D eigenvalue weighted by Gasteiger charge is 2.18. The normalized spacial score (nSPS) is 12.0. The lowest BCUT2D eigenvalue weighted by Gasteiger charge is -2.07. The predicted molar refractivity (Wildman–Crippen MR) is 156 cm³/mol. The van der Waals surface area contributed by atoms with Gasteiger partial charge in [0, 0.05) is 42.5 Å². The van der Waals surface area contributed by atoms with Gasteiger partial charge in [0.15, 0.2) is 17.2 Å². The van der Waals surface area contributed by atoms with Crippen LogP contribution in [-0.4, -0.2) is 62.1 Å². The van der Waals surface area contributed by atoms with E-state index in [0.29, 0.717) is 44.9 Å². The number of H-pyrrole nitrogens is 2. The minimum absolute atomic E-state index is 0.0624. The summed E-state index contributed by atoms with van der Waals surface area (Å²) in [5.74, 6) is -0.0501. The Bertz CT molecular complexity index is 2000. The molecule has 6 aromatic rings. The largest absolute Gasteiger partial charge is 0.335 e. The molecule has 0 aliphatic heterocycles. The first-order valence-corrected chi connectivity index (χ1v) is 15.2. The predicted octanol–water partition coefficient (Wildman–Crippen LogP) is 4.46. The van der Waals surface area contributed by atoms with E-state index in [2.05, 4.69) is 48.4 Å². The van der Waals surface area contributed by atoms with Crippen LogP contribution in [0.15, 0.2) is 61.1 Å². The van der Waals surface area contributed by atoms with E-state index in [9.17, 15) is 12.8 Å². The molecule has 0 aliphatic carbocycles. The van der Waals surface area contributed by atoms with Gasteiger partial charge in [-0.1, -0.05) is 13.0 Å². The molecule has 12 heteroatoms. The van der Waals surface area contributed by atoms with Gasteiger partial charge < -0.3 is 10.3 Å². The monoisotopic (exact) mass is 570 g/mol. The van der Waals surface area contributed by atoms with Gasteiger partial charge in [0.25, 0.3) is 0 Å². The average Bonchev–Trinajstić information content (AvgIpc) is 3.58. The lowest BCUT2D eigenvalue weighted by molar-refractivity contribution is 0.600. The van der Waals surface area contributed by atoms with E-state index in [-0.39, 0.29) is 12.2 Å². The van der Waals surface area contributed by atoms with Crippen LogP contribution >= 0.6 is 0 Å². The van der Waals surface area contributed by atoms with Gasteiger partial charge in [-0.05, 0) is 66.1 Å². The first-order valence-electron chi connectivity index (χ1n) is 13.1. The lowest BCUT2D eigenvalue weighted by atomic mass is 10.0. The molecule has 41 heavy (non-hydrogen) atoms. The zero-order valence-corrected chi connectivity index (χ0v) is 23.3. The number of rotatable bonds is 9. The zero-order chi connectivity index (χ0) is 28.6. The number of hydrogen-bond acceptors (Lipinski definition) is 8. The van der Waals surface area contributed by atoms with Crippen molar-refractivity contribution in [2.45, 2.75) is 19.9 Å². The Morgan fingerprint density at radius 3 is 2.68 bits per heavy atom. The zero-order valence-electron chi connectivity index (χ0n) is 22.4. The van der Waals surface area contributed by atoms with Crippen molar-refractivity contribution in [1.82, 2.24) is 40.4 Å². The summed E-state index contributed by atoms with van der Waals surface area (Å²) in [6, 6.07) is 12.2. The third-order valence-corrected chi connectivity index (χ3v) is 7.67. The molecule has 0 bridgehead atoms. The third kappa shape index (κ3) is 5.70. The van der Waals surface area contributed by atoms with Crippen molar-refractivity contribution in [1.29, 1.82) is 0 Å². The number of nitrogens with one attached hydrogen (secondary N) is 3. The van der Waals surface area contributed by atoms with Crippen LogP contribution in [0, 0.1) is 5.82 Å². The molecule has 0 fully saturated rings. The van der Waals surface area contributed by atoms with Crippen molar-refractivity contribution in [3.05, 3.63) is 78.0 Å². The standard InChI is InChI=1S/C29H27FN8O2S/c1-3-31-14-18-11-20(16-32-15-18)23-4-5-24-26(34-23)27(38-37-24)29-35-25-22(6-8-33-28(25)36-29)19-10-17(12-21(30)13-19)7-9-41(2,39)40/h4-6,8,10-13,15-16,31H,3,7,9,14H2,1-2H3,(H,37,38)(H,33,35,36). The maximum atomic E-state index is 14.6. The molecular weight excluding hydrogens is 543 g/mol. The molecule has 0 unspecified atom stereocenters. The van der Waals surface area contributed by atoms with Crippen LogP contribution in [0.1, 0.15) is 18.1 Å². The van der Waals surface area contributed by atoms with Crippen molar-refractivity contribution in [2.24, 2.45) is 0 Å². The van der Waals surface area contributed by atoms with Gasteiger partial charge in [0.1, 0.15) is 21.2 Å². The summed E-state index contributed by atoms with van der Waals surface area (Å²) in [6.45, 7) is 3.64. The summed E-state index contributed by atoms with van der Waals surface area (Å²) in [7, 11) is -3.18. The van der Waals surface area contributed by atoms with Gasteiger partial charge in [-0.15, -0.1) is 0 Å². The number of aryl methyl sites for hydroxylation is 1. The van der Waals surface area contributed by atoms with Crippen LogP contribution in [0.5, 0.6) is 0 Å². The van der Waals surface area contributed by atoms with E-state index < -0.39 is 15.7 Å². The van der Waals surface area contributed by atoms with E-state index in [0.717, 1.165) is 35.4 Å². The first kappa shape index (κ1) is 26.7. The molecule has 5 heterocycles. The summed E-state index contributed by atoms with van der Waals surface area (Å²) >= 11 is 0. The van der Waals surface area contributed by atoms with Gasteiger partial charge in [-0.3, -0.25) is 10.1 Å². The molecule has 6 rings (SSSR count). The van der Waals surface area contributed by atoms with E-state index in [1.54, 1.807) is 24.5 Å². The Kier molecular flexibility index (Phi) is 7.01. The van der Waals surface area contributed by atoms with Gasteiger partial charge in [-0.25, -0.2) is 27.8 Å². The summed E-state index contributed by atoms with van der Waals surface area (Å²) in [4.78, 5) is 21.6. The number of nitrogens with zero attached hydrogens (tertiary/aromatic N) is 5. The minimum Gasteiger partial charge on any atom is -0.335 e. The molecule has 0 aliphatic rings. The Morgan fingerprint density at radius 1 is 1.00 bits per heavy atom. The molecule has 0 atom stereocenters. The fourth-order valence-electron chi connectivity index (χ4n) is 4.74. The second-order valence-corrected chi connectivity index (χ2v) is 12.2. The van der Waals surface area contributed by atoms with Crippen LogP contribution in [0.4, 0.5) is 4.39 Å². The molecule has 208 valence electrons. The molecule has 3 N–H and O–H groups in total. The molecule has 10 nitrogen and oxygen atoms in total. The van der Waals surface area contributed by atoms with Crippen LogP contribution in [-0.2, 0) is 22.8 Å². The summed E-state index contributed by atoms with van der Waals surface area (Å²) in [5, 5.41) is 10.8. The highest BCUT2D eigenvalue weighted by Crippen LogP contribution is 2.32. The molecule has 5 aromatic heterocycles. The second-order valence-electron chi connectivity index (χ2n) is 9.90. The van der Waals surface area contributed by atoms with E-state index in [1.165, 1.54) is 18.4 Å². The maximum absolute atomic E-state index is 14.6. The highest BCUT2D eigenvalue weighted by atomic mass is 32.2. The number of fused-ring (bicyclic) bond motifs is 2. The lowest BCUT2D eigenvalue weighted by Crippen LogP contribution is -2.11. The number of hydrogen-bond donors (Lipinski definition) is 3. The van der Waals surface area contributed by atoms with E-state index >= 15 is 0 Å². The van der Waals surface area contributed by atoms with E-state index in [4.69, 9.17) is 4.98 Å². The highest BCUT2D eigenvalue weighted by molar-refractivity contribution is 7.90. The van der Waals surface area contributed by atoms with Crippen LogP contribution in [0.2, 0.25) is 0 Å². The second kappa shape index (κ2) is 10.8. The number of aromatic amines is 2. The van der Waals surface area contributed by atoms with Crippen molar-refractivity contribution >= 4 is 32.0 Å². The smallest absolute Gasteiger partial charge is 0.178 e. The van der Waals surface area contributed by atoms with Gasteiger partial charge in [-0.2, -0.15) is 5.10 Å². The quantitative estimate of drug-likeness (QED) is 0.231. The fraction of sp³-hybridized carbons (Fsp3) is 0.207. The Hall–Kier alpha value is -4.55. The number of aromatic nitrogens is 7. The SMILES string of the molecule is CCNCc1cncc(-c2ccc3[nH]nc(-c4nc5nccc(-c6cc(F)cc(CCS(C)(=O)=O)c6)c5[nH]4)c3n2)c1. The third-order valence-electron chi connectivity index (χ3n) is 6.72. The molecule has 0 radical (unpaired) electrons. The maximum Gasteiger partial charge on any atom is 0.178 e. The van der Waals surface area contributed by atoms with Crippen molar-refractivity contribution in [2.75, 3.05) is 18.6 Å². The van der Waals surface area contributed by atoms with Crippen LogP contribution in [0.25, 0.3) is 56.1 Å². The van der Waals surface area contributed by atoms with Crippen LogP contribution in [0.3, 0.4) is 0 Å². The van der Waals surface area contributed by atoms with Crippen molar-refractivity contribution in [3.8, 4) is 33.9 Å². The molecule has 1 aromatic carbocycles. The summed E-state index contributed by atoms with van der Waals surface area (Å²) in [5.41, 5.74) is 7.52. The molecule has 0 saturated carbocycles. The number of imidazole rings is 1. The number of sulfone groups is 1. The van der Waals surface area contributed by atoms with E-state index in [1.807, 2.05) is 18.3 Å². The van der Waals surface area contributed by atoms with Crippen molar-refractivity contribution < 1.29 is 12.8 Å². The molecule has 0 amide bonds. The summed E-state index contributed by atoms with van der Waals surface area (Å²) in [6.07, 6.45) is 6.61. The van der Waals surface area contributed by atoms with Crippen LogP contribution < -0.4 is 5.32 Å². The Morgan fingerprint density at radius 2 is 1.85 bits per heavy atom. The summed E-state index contributed by atoms with van der Waals surface area (Å²) < 4.78 is 37.9. The topological polar surface area (TPSA) is 142 Å². The first-order chi connectivity index (χ1) is 19.8. The number of halogens is 1. The molecule has 0 spiro atoms.